The number of halogens is 6. The van der Waals surface area contributed by atoms with Crippen molar-refractivity contribution in [3.8, 4) is 0 Å². The van der Waals surface area contributed by atoms with Gasteiger partial charge in [-0.1, -0.05) is 30.3 Å². The molecule has 12 heteroatoms. The smallest absolute Gasteiger partial charge is 0.416 e. The molecule has 0 radical (unpaired) electrons. The zero-order valence-electron chi connectivity index (χ0n) is 18.9. The van der Waals surface area contributed by atoms with Crippen LogP contribution in [0.2, 0.25) is 0 Å². The van der Waals surface area contributed by atoms with Crippen LogP contribution < -0.4 is 5.48 Å². The Labute approximate surface area is 197 Å². The molecule has 0 heterocycles. The number of carbonyl (C=O) groups excluding carboxylic acids is 2. The van der Waals surface area contributed by atoms with E-state index >= 15 is 0 Å². The van der Waals surface area contributed by atoms with Gasteiger partial charge >= 0.3 is 18.3 Å². The second-order valence-electron chi connectivity index (χ2n) is 8.37. The lowest BCUT2D eigenvalue weighted by Crippen LogP contribution is -2.41. The van der Waals surface area contributed by atoms with Crippen LogP contribution in [0.5, 0.6) is 0 Å². The number of amides is 1. The van der Waals surface area contributed by atoms with Crippen LogP contribution in [0.1, 0.15) is 47.8 Å². The molecule has 0 aromatic heterocycles. The van der Waals surface area contributed by atoms with E-state index in [1.54, 1.807) is 56.6 Å². The van der Waals surface area contributed by atoms with E-state index in [0.717, 1.165) is 5.56 Å². The minimum absolute atomic E-state index is 0.0556. The van der Waals surface area contributed by atoms with E-state index in [4.69, 9.17) is 14.3 Å². The van der Waals surface area contributed by atoms with Crippen molar-refractivity contribution in [3.63, 3.8) is 0 Å². The molecule has 0 unspecified atom stereocenters. The Morgan fingerprint density at radius 3 is 1.91 bits per heavy atom. The Kier molecular flexibility index (Phi) is 8.90. The van der Waals surface area contributed by atoms with Gasteiger partial charge in [-0.2, -0.15) is 26.3 Å². The lowest BCUT2D eigenvalue weighted by molar-refractivity contribution is -0.177. The van der Waals surface area contributed by atoms with Gasteiger partial charge in [0, 0.05) is 5.56 Å². The van der Waals surface area contributed by atoms with Gasteiger partial charge in [0.1, 0.15) is 5.60 Å². The van der Waals surface area contributed by atoms with Crippen LogP contribution in [-0.4, -0.2) is 30.2 Å². The number of alkyl halides is 6. The van der Waals surface area contributed by atoms with Crippen molar-refractivity contribution >= 4 is 11.9 Å². The quantitative estimate of drug-likeness (QED) is 0.298. The zero-order valence-corrected chi connectivity index (χ0v) is 18.9. The van der Waals surface area contributed by atoms with E-state index in [-0.39, 0.29) is 24.8 Å². The Hall–Kier alpha value is -3.12. The third kappa shape index (κ3) is 9.21. The molecular weight excluding hydrogens is 484 g/mol. The maximum absolute atomic E-state index is 13.0. The maximum atomic E-state index is 13.0. The van der Waals surface area contributed by atoms with Crippen LogP contribution >= 0.6 is 0 Å². The van der Waals surface area contributed by atoms with Gasteiger partial charge in [0.25, 0.3) is 5.91 Å². The fourth-order valence-electron chi connectivity index (χ4n) is 2.65. The fourth-order valence-corrected chi connectivity index (χ4v) is 2.65. The summed E-state index contributed by atoms with van der Waals surface area (Å²) in [6.07, 6.45) is -11.8. The number of rotatable bonds is 8. The molecule has 0 bridgehead atoms. The standard InChI is InChI=1S/C23H23F6NO5/c1-21(2,3)34-20(32)18(13-33-12-14-7-5-4-6-8-14)35-30-19(31)15-9-16(22(24,25)26)11-17(10-15)23(27,28)29/h4-11,18H,12-13H2,1-3H3,(H,30,31)/t18-/m1/s1. The molecule has 192 valence electrons. The highest BCUT2D eigenvalue weighted by Gasteiger charge is 2.37. The van der Waals surface area contributed by atoms with Gasteiger partial charge < -0.3 is 9.47 Å². The molecule has 2 rings (SSSR count). The maximum Gasteiger partial charge on any atom is 0.416 e. The highest BCUT2D eigenvalue weighted by molar-refractivity contribution is 5.94. The van der Waals surface area contributed by atoms with E-state index in [9.17, 15) is 35.9 Å². The van der Waals surface area contributed by atoms with Crippen molar-refractivity contribution in [3.05, 3.63) is 70.8 Å². The first-order valence-corrected chi connectivity index (χ1v) is 10.2. The van der Waals surface area contributed by atoms with Crippen LogP contribution in [0.15, 0.2) is 48.5 Å². The van der Waals surface area contributed by atoms with Crippen LogP contribution in [0.4, 0.5) is 26.3 Å². The molecule has 1 N–H and O–H groups in total. The summed E-state index contributed by atoms with van der Waals surface area (Å²) in [4.78, 5) is 29.8. The molecule has 35 heavy (non-hydrogen) atoms. The van der Waals surface area contributed by atoms with Crippen LogP contribution in [0.25, 0.3) is 0 Å². The van der Waals surface area contributed by atoms with Gasteiger partial charge in [-0.15, -0.1) is 0 Å². The molecule has 0 saturated heterocycles. The first-order chi connectivity index (χ1) is 16.1. The first kappa shape index (κ1) is 28.1. The number of nitrogens with one attached hydrogen (secondary N) is 1. The van der Waals surface area contributed by atoms with E-state index in [1.165, 1.54) is 0 Å². The Bertz CT molecular complexity index is 984. The van der Waals surface area contributed by atoms with E-state index in [2.05, 4.69) is 0 Å². The number of ether oxygens (including phenoxy) is 2. The molecule has 0 aliphatic carbocycles. The van der Waals surface area contributed by atoms with Gasteiger partial charge in [-0.3, -0.25) is 9.63 Å². The van der Waals surface area contributed by atoms with E-state index < -0.39 is 59.2 Å². The Balaban J connectivity index is 2.17. The average Bonchev–Trinajstić information content (AvgIpc) is 2.73. The minimum atomic E-state index is -5.14. The topological polar surface area (TPSA) is 73.9 Å². The summed E-state index contributed by atoms with van der Waals surface area (Å²) in [6, 6.07) is 9.15. The molecule has 2 aromatic carbocycles. The minimum Gasteiger partial charge on any atom is -0.458 e. The summed E-state index contributed by atoms with van der Waals surface area (Å²) in [5.41, 5.74) is -2.80. The van der Waals surface area contributed by atoms with Crippen LogP contribution in [0, 0.1) is 0 Å². The predicted molar refractivity (Wildman–Crippen MR) is 111 cm³/mol. The molecule has 1 atom stereocenters. The molecular formula is C23H23F6NO5. The average molecular weight is 507 g/mol. The number of hydrogen-bond donors (Lipinski definition) is 1. The van der Waals surface area contributed by atoms with Crippen LogP contribution in [-0.2, 0) is 38.1 Å². The Morgan fingerprint density at radius 2 is 1.43 bits per heavy atom. The second kappa shape index (κ2) is 11.1. The van der Waals surface area contributed by atoms with Gasteiger partial charge in [-0.05, 0) is 44.5 Å². The van der Waals surface area contributed by atoms with Crippen LogP contribution in [0.3, 0.4) is 0 Å². The first-order valence-electron chi connectivity index (χ1n) is 10.2. The van der Waals surface area contributed by atoms with Crippen molar-refractivity contribution in [1.82, 2.24) is 5.48 Å². The zero-order chi connectivity index (χ0) is 26.4. The number of benzene rings is 2. The molecule has 6 nitrogen and oxygen atoms in total. The summed E-state index contributed by atoms with van der Waals surface area (Å²) in [5, 5.41) is 0. The molecule has 0 aliphatic heterocycles. The highest BCUT2D eigenvalue weighted by Crippen LogP contribution is 2.36. The number of carbonyl (C=O) groups is 2. The largest absolute Gasteiger partial charge is 0.458 e. The van der Waals surface area contributed by atoms with Crippen molar-refractivity contribution < 1.29 is 50.2 Å². The molecule has 0 saturated carbocycles. The third-order valence-electron chi connectivity index (χ3n) is 4.19. The predicted octanol–water partition coefficient (Wildman–Crippen LogP) is 5.31. The van der Waals surface area contributed by atoms with E-state index in [0.29, 0.717) is 0 Å². The summed E-state index contributed by atoms with van der Waals surface area (Å²) in [6.45, 7) is 4.31. The van der Waals surface area contributed by atoms with Gasteiger partial charge in [0.2, 0.25) is 6.10 Å². The van der Waals surface area contributed by atoms with Crippen molar-refractivity contribution in [2.75, 3.05) is 6.61 Å². The summed E-state index contributed by atoms with van der Waals surface area (Å²) < 4.78 is 88.9. The lowest BCUT2D eigenvalue weighted by Gasteiger charge is -2.24. The number of hydrogen-bond acceptors (Lipinski definition) is 5. The molecule has 0 aliphatic rings. The SMILES string of the molecule is CC(C)(C)OC(=O)[C@@H](COCc1ccccc1)ONC(=O)c1cc(C(F)(F)F)cc(C(F)(F)F)c1. The monoisotopic (exact) mass is 507 g/mol. The number of esters is 1. The fraction of sp³-hybridized carbons (Fsp3) is 0.391. The van der Waals surface area contributed by atoms with Gasteiger partial charge in [0.15, 0.2) is 0 Å². The van der Waals surface area contributed by atoms with E-state index in [1.807, 2.05) is 0 Å². The van der Waals surface area contributed by atoms with Crippen molar-refractivity contribution in [2.45, 2.75) is 51.4 Å². The number of hydroxylamine groups is 1. The molecule has 0 fully saturated rings. The Morgan fingerprint density at radius 1 is 0.886 bits per heavy atom. The normalized spacial score (nSPS) is 13.3. The van der Waals surface area contributed by atoms with Gasteiger partial charge in [0.05, 0.1) is 24.3 Å². The van der Waals surface area contributed by atoms with Gasteiger partial charge in [-0.25, -0.2) is 10.3 Å². The highest BCUT2D eigenvalue weighted by atomic mass is 19.4. The molecule has 0 spiro atoms. The second-order valence-corrected chi connectivity index (χ2v) is 8.37. The third-order valence-corrected chi connectivity index (χ3v) is 4.19. The summed E-state index contributed by atoms with van der Waals surface area (Å²) in [7, 11) is 0. The molecule has 2 aromatic rings. The van der Waals surface area contributed by atoms with Crippen molar-refractivity contribution in [1.29, 1.82) is 0 Å². The lowest BCUT2D eigenvalue weighted by atomic mass is 10.0. The van der Waals surface area contributed by atoms with Crippen molar-refractivity contribution in [2.24, 2.45) is 0 Å². The summed E-state index contributed by atoms with van der Waals surface area (Å²) >= 11 is 0. The summed E-state index contributed by atoms with van der Waals surface area (Å²) in [5.74, 6) is -2.40. The molecule has 1 amide bonds.